The number of hydrogen-bond donors (Lipinski definition) is 0. The highest BCUT2D eigenvalue weighted by molar-refractivity contribution is 7.09. The molecule has 0 fully saturated rings. The van der Waals surface area contributed by atoms with Crippen LogP contribution in [0.2, 0.25) is 0 Å². The third kappa shape index (κ3) is 3.87. The summed E-state index contributed by atoms with van der Waals surface area (Å²) in [5.74, 6) is 1.48. The second-order valence-corrected chi connectivity index (χ2v) is 6.01. The summed E-state index contributed by atoms with van der Waals surface area (Å²) in [4.78, 5) is 19.6. The SMILES string of the molecule is CCN(Cc1cccs1)C(=O)CCc1nc(-c2ccco2)no1. The van der Waals surface area contributed by atoms with E-state index in [4.69, 9.17) is 8.94 Å². The first kappa shape index (κ1) is 15.5. The van der Waals surface area contributed by atoms with Gasteiger partial charge >= 0.3 is 0 Å². The summed E-state index contributed by atoms with van der Waals surface area (Å²) in [5, 5.41) is 5.88. The maximum absolute atomic E-state index is 12.3. The molecule has 0 unspecified atom stereocenters. The van der Waals surface area contributed by atoms with Crippen molar-refractivity contribution in [3.63, 3.8) is 0 Å². The zero-order valence-electron chi connectivity index (χ0n) is 12.8. The molecule has 7 heteroatoms. The smallest absolute Gasteiger partial charge is 0.238 e. The number of hydrogen-bond acceptors (Lipinski definition) is 6. The molecule has 0 aliphatic heterocycles. The summed E-state index contributed by atoms with van der Waals surface area (Å²) < 4.78 is 10.4. The van der Waals surface area contributed by atoms with Crippen molar-refractivity contribution in [2.75, 3.05) is 6.54 Å². The number of nitrogens with zero attached hydrogens (tertiary/aromatic N) is 3. The van der Waals surface area contributed by atoms with Gasteiger partial charge in [-0.3, -0.25) is 4.79 Å². The average molecular weight is 331 g/mol. The Morgan fingerprint density at radius 3 is 2.96 bits per heavy atom. The van der Waals surface area contributed by atoms with Crippen LogP contribution in [0.25, 0.3) is 11.6 Å². The Kier molecular flexibility index (Phi) is 4.87. The standard InChI is InChI=1S/C16H17N3O3S/c1-2-19(11-12-5-4-10-23-12)15(20)8-7-14-17-16(18-22-14)13-6-3-9-21-13/h3-6,9-10H,2,7-8,11H2,1H3. The molecule has 0 atom stereocenters. The molecule has 0 aliphatic rings. The first-order valence-corrected chi connectivity index (χ1v) is 8.31. The van der Waals surface area contributed by atoms with Crippen LogP contribution in [0.3, 0.4) is 0 Å². The van der Waals surface area contributed by atoms with E-state index >= 15 is 0 Å². The van der Waals surface area contributed by atoms with Gasteiger partial charge < -0.3 is 13.8 Å². The molecule has 23 heavy (non-hydrogen) atoms. The summed E-state index contributed by atoms with van der Waals surface area (Å²) in [5.41, 5.74) is 0. The summed E-state index contributed by atoms with van der Waals surface area (Å²) in [6, 6.07) is 7.55. The zero-order valence-corrected chi connectivity index (χ0v) is 13.6. The van der Waals surface area contributed by atoms with Crippen LogP contribution in [0.1, 0.15) is 24.1 Å². The molecule has 120 valence electrons. The Morgan fingerprint density at radius 2 is 2.26 bits per heavy atom. The molecule has 6 nitrogen and oxygen atoms in total. The summed E-state index contributed by atoms with van der Waals surface area (Å²) in [6.07, 6.45) is 2.32. The molecular formula is C16H17N3O3S. The average Bonchev–Trinajstić information content (AvgIpc) is 3.32. The number of aryl methyl sites for hydroxylation is 1. The molecule has 3 aromatic rings. The molecular weight excluding hydrogens is 314 g/mol. The van der Waals surface area contributed by atoms with E-state index in [1.54, 1.807) is 29.7 Å². The maximum Gasteiger partial charge on any atom is 0.238 e. The Bertz CT molecular complexity index is 735. The van der Waals surface area contributed by atoms with Crippen molar-refractivity contribution in [2.45, 2.75) is 26.3 Å². The monoisotopic (exact) mass is 331 g/mol. The Labute approximate surface area is 137 Å². The van der Waals surface area contributed by atoms with E-state index in [2.05, 4.69) is 10.1 Å². The predicted octanol–water partition coefficient (Wildman–Crippen LogP) is 3.37. The number of rotatable bonds is 7. The molecule has 0 spiro atoms. The molecule has 0 radical (unpaired) electrons. The van der Waals surface area contributed by atoms with Crippen LogP contribution in [-0.4, -0.2) is 27.5 Å². The van der Waals surface area contributed by atoms with Crippen LogP contribution >= 0.6 is 11.3 Å². The van der Waals surface area contributed by atoms with E-state index < -0.39 is 0 Å². The molecule has 0 aromatic carbocycles. The quantitative estimate of drug-likeness (QED) is 0.663. The Balaban J connectivity index is 1.55. The van der Waals surface area contributed by atoms with Gasteiger partial charge in [-0.1, -0.05) is 11.2 Å². The third-order valence-electron chi connectivity index (χ3n) is 3.42. The highest BCUT2D eigenvalue weighted by Crippen LogP contribution is 2.17. The van der Waals surface area contributed by atoms with Gasteiger partial charge in [-0.15, -0.1) is 11.3 Å². The van der Waals surface area contributed by atoms with Gasteiger partial charge in [0.1, 0.15) is 0 Å². The molecule has 1 amide bonds. The summed E-state index contributed by atoms with van der Waals surface area (Å²) in [7, 11) is 0. The van der Waals surface area contributed by atoms with Gasteiger partial charge in [0.25, 0.3) is 0 Å². The van der Waals surface area contributed by atoms with Crippen molar-refractivity contribution in [3.05, 3.63) is 46.7 Å². The van der Waals surface area contributed by atoms with E-state index in [0.29, 0.717) is 43.4 Å². The van der Waals surface area contributed by atoms with Crippen molar-refractivity contribution in [1.29, 1.82) is 0 Å². The summed E-state index contributed by atoms with van der Waals surface area (Å²) in [6.45, 7) is 3.31. The van der Waals surface area contributed by atoms with Gasteiger partial charge in [-0.05, 0) is 30.5 Å². The normalized spacial score (nSPS) is 10.8. The number of amides is 1. The van der Waals surface area contributed by atoms with Crippen LogP contribution in [-0.2, 0) is 17.8 Å². The Hall–Kier alpha value is -2.41. The van der Waals surface area contributed by atoms with Crippen LogP contribution in [0, 0.1) is 0 Å². The highest BCUT2D eigenvalue weighted by atomic mass is 32.1. The number of carbonyl (C=O) groups is 1. The van der Waals surface area contributed by atoms with E-state index in [0.717, 1.165) is 0 Å². The van der Waals surface area contributed by atoms with Gasteiger partial charge in [0, 0.05) is 24.3 Å². The number of thiophene rings is 1. The molecule has 0 saturated carbocycles. The molecule has 3 rings (SSSR count). The van der Waals surface area contributed by atoms with E-state index in [9.17, 15) is 4.79 Å². The molecule has 0 aliphatic carbocycles. The molecule has 0 bridgehead atoms. The fraction of sp³-hybridized carbons (Fsp3) is 0.312. The topological polar surface area (TPSA) is 72.4 Å². The second kappa shape index (κ2) is 7.23. The molecule has 0 saturated heterocycles. The van der Waals surface area contributed by atoms with Gasteiger partial charge in [0.2, 0.25) is 17.6 Å². The second-order valence-electron chi connectivity index (χ2n) is 4.98. The molecule has 3 heterocycles. The van der Waals surface area contributed by atoms with Crippen LogP contribution in [0.15, 0.2) is 44.8 Å². The van der Waals surface area contributed by atoms with Crippen LogP contribution in [0.4, 0.5) is 0 Å². The molecule has 3 aromatic heterocycles. The highest BCUT2D eigenvalue weighted by Gasteiger charge is 2.16. The first-order chi connectivity index (χ1) is 11.3. The van der Waals surface area contributed by atoms with Gasteiger partial charge in [0.05, 0.1) is 12.8 Å². The van der Waals surface area contributed by atoms with Gasteiger partial charge in [-0.2, -0.15) is 4.98 Å². The fourth-order valence-corrected chi connectivity index (χ4v) is 2.92. The largest absolute Gasteiger partial charge is 0.461 e. The van der Waals surface area contributed by atoms with E-state index in [-0.39, 0.29) is 5.91 Å². The van der Waals surface area contributed by atoms with Crippen molar-refractivity contribution < 1.29 is 13.7 Å². The van der Waals surface area contributed by atoms with Gasteiger partial charge in [-0.25, -0.2) is 0 Å². The minimum atomic E-state index is 0.0821. The zero-order chi connectivity index (χ0) is 16.1. The Morgan fingerprint density at radius 1 is 1.35 bits per heavy atom. The lowest BCUT2D eigenvalue weighted by molar-refractivity contribution is -0.131. The van der Waals surface area contributed by atoms with Crippen molar-refractivity contribution in [3.8, 4) is 11.6 Å². The van der Waals surface area contributed by atoms with Crippen molar-refractivity contribution in [2.24, 2.45) is 0 Å². The third-order valence-corrected chi connectivity index (χ3v) is 4.28. The number of carbonyl (C=O) groups excluding carboxylic acids is 1. The first-order valence-electron chi connectivity index (χ1n) is 7.43. The van der Waals surface area contributed by atoms with Crippen molar-refractivity contribution >= 4 is 17.2 Å². The van der Waals surface area contributed by atoms with Gasteiger partial charge in [0.15, 0.2) is 5.76 Å². The lowest BCUT2D eigenvalue weighted by Gasteiger charge is -2.19. The lowest BCUT2D eigenvalue weighted by Crippen LogP contribution is -2.30. The molecule has 0 N–H and O–H groups in total. The number of furan rings is 1. The van der Waals surface area contributed by atoms with Crippen LogP contribution < -0.4 is 0 Å². The van der Waals surface area contributed by atoms with Crippen LogP contribution in [0.5, 0.6) is 0 Å². The minimum Gasteiger partial charge on any atom is -0.461 e. The minimum absolute atomic E-state index is 0.0821. The maximum atomic E-state index is 12.3. The predicted molar refractivity (Wildman–Crippen MR) is 85.7 cm³/mol. The van der Waals surface area contributed by atoms with Crippen molar-refractivity contribution in [1.82, 2.24) is 15.0 Å². The number of aromatic nitrogens is 2. The van der Waals surface area contributed by atoms with E-state index in [1.807, 2.05) is 29.3 Å². The van der Waals surface area contributed by atoms with E-state index in [1.165, 1.54) is 4.88 Å². The fourth-order valence-electron chi connectivity index (χ4n) is 2.20. The lowest BCUT2D eigenvalue weighted by atomic mass is 10.2. The summed E-state index contributed by atoms with van der Waals surface area (Å²) >= 11 is 1.66.